The van der Waals surface area contributed by atoms with Gasteiger partial charge in [0.1, 0.15) is 12.2 Å². The van der Waals surface area contributed by atoms with E-state index < -0.39 is 0 Å². The molecule has 2 aliphatic carbocycles. The molecule has 7 heteroatoms. The lowest BCUT2D eigenvalue weighted by Crippen LogP contribution is -2.46. The van der Waals surface area contributed by atoms with Crippen molar-refractivity contribution in [1.82, 2.24) is 25.4 Å². The van der Waals surface area contributed by atoms with Crippen LogP contribution < -0.4 is 10.6 Å². The Balaban J connectivity index is 1.40. The van der Waals surface area contributed by atoms with Gasteiger partial charge in [-0.2, -0.15) is 0 Å². The summed E-state index contributed by atoms with van der Waals surface area (Å²) in [5.41, 5.74) is 1.05. The molecule has 0 radical (unpaired) electrons. The van der Waals surface area contributed by atoms with E-state index in [1.807, 2.05) is 24.3 Å². The monoisotopic (exact) mass is 400 g/mol. The van der Waals surface area contributed by atoms with Crippen LogP contribution in [0, 0.1) is 11.8 Å². The highest BCUT2D eigenvalue weighted by atomic mass is 35.5. The maximum absolute atomic E-state index is 6.31. The molecule has 2 saturated carbocycles. The Hall–Kier alpha value is -2.08. The Morgan fingerprint density at radius 2 is 2.18 bits per heavy atom. The van der Waals surface area contributed by atoms with Crippen molar-refractivity contribution in [3.8, 4) is 0 Å². The highest BCUT2D eigenvalue weighted by molar-refractivity contribution is 6.31. The number of nitrogens with one attached hydrogen (secondary N) is 2. The third kappa shape index (κ3) is 4.49. The fourth-order valence-electron chi connectivity index (χ4n) is 4.57. The van der Waals surface area contributed by atoms with Gasteiger partial charge in [-0.15, -0.1) is 10.2 Å². The first-order chi connectivity index (χ1) is 13.7. The molecule has 2 N–H and O–H groups in total. The number of rotatable bonds is 7. The number of aliphatic imine (C=N–C) groups is 1. The van der Waals surface area contributed by atoms with Crippen molar-refractivity contribution < 1.29 is 0 Å². The topological polar surface area (TPSA) is 67.1 Å². The fourth-order valence-corrected chi connectivity index (χ4v) is 4.77. The van der Waals surface area contributed by atoms with Gasteiger partial charge in [-0.3, -0.25) is 0 Å². The minimum Gasteiger partial charge on any atom is -0.355 e. The average molecular weight is 401 g/mol. The molecule has 2 fully saturated rings. The van der Waals surface area contributed by atoms with Gasteiger partial charge in [0.25, 0.3) is 0 Å². The van der Waals surface area contributed by atoms with Crippen molar-refractivity contribution in [3.05, 3.63) is 47.0 Å². The highest BCUT2D eigenvalue weighted by Crippen LogP contribution is 2.44. The van der Waals surface area contributed by atoms with E-state index in [0.29, 0.717) is 12.6 Å². The molecule has 0 aliphatic heterocycles. The number of fused-ring (bicyclic) bond motifs is 2. The van der Waals surface area contributed by atoms with Gasteiger partial charge in [-0.05, 0) is 42.7 Å². The first-order valence-corrected chi connectivity index (χ1v) is 10.8. The molecule has 2 aromatic rings. The Bertz CT molecular complexity index is 817. The molecule has 2 aliphatic rings. The zero-order valence-electron chi connectivity index (χ0n) is 16.4. The smallest absolute Gasteiger partial charge is 0.191 e. The molecular formula is C21H29ClN6. The second-order valence-corrected chi connectivity index (χ2v) is 8.31. The van der Waals surface area contributed by atoms with Crippen molar-refractivity contribution >= 4 is 17.6 Å². The van der Waals surface area contributed by atoms with Crippen LogP contribution in [0.4, 0.5) is 0 Å². The van der Waals surface area contributed by atoms with Gasteiger partial charge in [0.2, 0.25) is 0 Å². The number of hydrogen-bond donors (Lipinski definition) is 2. The first-order valence-electron chi connectivity index (χ1n) is 10.4. The molecule has 3 unspecified atom stereocenters. The molecule has 2 bridgehead atoms. The summed E-state index contributed by atoms with van der Waals surface area (Å²) in [6.07, 6.45) is 8.07. The molecule has 1 aromatic carbocycles. The predicted octanol–water partition coefficient (Wildman–Crippen LogP) is 3.42. The molecule has 3 atom stereocenters. The molecule has 6 nitrogen and oxygen atoms in total. The summed E-state index contributed by atoms with van der Waals surface area (Å²) in [6.45, 7) is 4.27. The van der Waals surface area contributed by atoms with Crippen LogP contribution in [-0.2, 0) is 19.5 Å². The SMILES string of the molecule is CCc1nncn1CCNC(=NCc1ccccc1Cl)NC1CC2CCC1C2. The van der Waals surface area contributed by atoms with Crippen molar-refractivity contribution in [3.63, 3.8) is 0 Å². The van der Waals surface area contributed by atoms with E-state index >= 15 is 0 Å². The number of aromatic nitrogens is 3. The minimum absolute atomic E-state index is 0.539. The Morgan fingerprint density at radius 3 is 2.93 bits per heavy atom. The van der Waals surface area contributed by atoms with Gasteiger partial charge in [-0.1, -0.05) is 43.1 Å². The third-order valence-electron chi connectivity index (χ3n) is 6.08. The van der Waals surface area contributed by atoms with Crippen LogP contribution in [0.2, 0.25) is 5.02 Å². The summed E-state index contributed by atoms with van der Waals surface area (Å²) < 4.78 is 2.09. The molecule has 0 spiro atoms. The Kier molecular flexibility index (Phi) is 6.15. The number of benzene rings is 1. The molecule has 0 amide bonds. The minimum atomic E-state index is 0.539. The van der Waals surface area contributed by atoms with Crippen molar-refractivity contribution in [2.75, 3.05) is 6.54 Å². The van der Waals surface area contributed by atoms with Gasteiger partial charge in [0.15, 0.2) is 5.96 Å². The van der Waals surface area contributed by atoms with E-state index in [-0.39, 0.29) is 0 Å². The summed E-state index contributed by atoms with van der Waals surface area (Å²) in [5, 5.41) is 16.1. The average Bonchev–Trinajstić information content (AvgIpc) is 3.44. The number of halogens is 1. The van der Waals surface area contributed by atoms with Gasteiger partial charge in [0.05, 0.1) is 6.54 Å². The highest BCUT2D eigenvalue weighted by Gasteiger charge is 2.39. The Labute approximate surface area is 171 Å². The molecule has 1 aromatic heterocycles. The van der Waals surface area contributed by atoms with Crippen LogP contribution in [0.5, 0.6) is 0 Å². The molecule has 150 valence electrons. The van der Waals surface area contributed by atoms with E-state index in [1.54, 1.807) is 6.33 Å². The van der Waals surface area contributed by atoms with Crippen molar-refractivity contribution in [2.24, 2.45) is 16.8 Å². The normalized spacial score (nSPS) is 23.9. The van der Waals surface area contributed by atoms with Gasteiger partial charge in [-0.25, -0.2) is 4.99 Å². The van der Waals surface area contributed by atoms with E-state index in [4.69, 9.17) is 16.6 Å². The summed E-state index contributed by atoms with van der Waals surface area (Å²) in [6, 6.07) is 8.45. The van der Waals surface area contributed by atoms with Crippen LogP contribution in [0.25, 0.3) is 0 Å². The third-order valence-corrected chi connectivity index (χ3v) is 6.45. The lowest BCUT2D eigenvalue weighted by atomic mass is 9.95. The number of guanidine groups is 1. The van der Waals surface area contributed by atoms with Crippen LogP contribution in [0.15, 0.2) is 35.6 Å². The largest absolute Gasteiger partial charge is 0.355 e. The van der Waals surface area contributed by atoms with Crippen LogP contribution in [0.1, 0.15) is 44.0 Å². The van der Waals surface area contributed by atoms with Crippen LogP contribution >= 0.6 is 11.6 Å². The molecule has 4 rings (SSSR count). The number of nitrogens with zero attached hydrogens (tertiary/aromatic N) is 4. The molecule has 28 heavy (non-hydrogen) atoms. The van der Waals surface area contributed by atoms with Gasteiger partial charge < -0.3 is 15.2 Å². The summed E-state index contributed by atoms with van der Waals surface area (Å²) >= 11 is 6.31. The van der Waals surface area contributed by atoms with Crippen molar-refractivity contribution in [2.45, 2.75) is 58.2 Å². The van der Waals surface area contributed by atoms with Crippen LogP contribution in [-0.4, -0.2) is 33.3 Å². The van der Waals surface area contributed by atoms with E-state index in [0.717, 1.165) is 53.7 Å². The maximum Gasteiger partial charge on any atom is 0.191 e. The fraction of sp³-hybridized carbons (Fsp3) is 0.571. The zero-order valence-corrected chi connectivity index (χ0v) is 17.2. The van der Waals surface area contributed by atoms with E-state index in [9.17, 15) is 0 Å². The molecule has 0 saturated heterocycles. The maximum atomic E-state index is 6.31. The molecule has 1 heterocycles. The second-order valence-electron chi connectivity index (χ2n) is 7.90. The van der Waals surface area contributed by atoms with Crippen molar-refractivity contribution in [1.29, 1.82) is 0 Å². The lowest BCUT2D eigenvalue weighted by molar-refractivity contribution is 0.387. The molecular weight excluding hydrogens is 372 g/mol. The zero-order chi connectivity index (χ0) is 19.3. The standard InChI is InChI=1S/C21H29ClN6/c1-2-20-27-25-14-28(20)10-9-23-21(24-13-17-5-3-4-6-18(17)22)26-19-12-15-7-8-16(19)11-15/h3-6,14-16,19H,2,7-13H2,1H3,(H2,23,24,26). The summed E-state index contributed by atoms with van der Waals surface area (Å²) in [5.74, 6) is 3.58. The number of aryl methyl sites for hydroxylation is 1. The van der Waals surface area contributed by atoms with Crippen LogP contribution in [0.3, 0.4) is 0 Å². The number of hydrogen-bond acceptors (Lipinski definition) is 3. The van der Waals surface area contributed by atoms with E-state index in [2.05, 4.69) is 32.3 Å². The predicted molar refractivity (Wildman–Crippen MR) is 112 cm³/mol. The van der Waals surface area contributed by atoms with E-state index in [1.165, 1.54) is 25.7 Å². The van der Waals surface area contributed by atoms with Gasteiger partial charge >= 0.3 is 0 Å². The first kappa shape index (κ1) is 19.2. The quantitative estimate of drug-likeness (QED) is 0.552. The Morgan fingerprint density at radius 1 is 1.29 bits per heavy atom. The second kappa shape index (κ2) is 8.95. The lowest BCUT2D eigenvalue weighted by Gasteiger charge is -2.25. The van der Waals surface area contributed by atoms with Gasteiger partial charge in [0, 0.05) is 30.6 Å². The summed E-state index contributed by atoms with van der Waals surface area (Å²) in [4.78, 5) is 4.83. The summed E-state index contributed by atoms with van der Waals surface area (Å²) in [7, 11) is 0.